The van der Waals surface area contributed by atoms with Crippen LogP contribution in [0, 0.1) is 0 Å². The normalized spacial score (nSPS) is 35.8. The van der Waals surface area contributed by atoms with Crippen LogP contribution in [-0.4, -0.2) is 16.1 Å². The third kappa shape index (κ3) is 2.87. The standard InChI is InChI=1S/C10H19IO/c1-3-5-6-10-9(11)7-8(4-2)12-10/h8-10H,3-7H2,1-2H3/t8-,9+,10+/m1/s1. The number of unbranched alkanes of at least 4 members (excludes halogenated alkanes) is 1. The van der Waals surface area contributed by atoms with Crippen molar-refractivity contribution in [3.63, 3.8) is 0 Å². The molecule has 72 valence electrons. The highest BCUT2D eigenvalue weighted by Gasteiger charge is 2.31. The van der Waals surface area contributed by atoms with Crippen molar-refractivity contribution in [2.45, 2.75) is 62.1 Å². The first-order valence-electron chi connectivity index (χ1n) is 5.07. The Labute approximate surface area is 89.4 Å². The van der Waals surface area contributed by atoms with E-state index in [-0.39, 0.29) is 0 Å². The summed E-state index contributed by atoms with van der Waals surface area (Å²) < 4.78 is 6.68. The summed E-state index contributed by atoms with van der Waals surface area (Å²) in [6, 6.07) is 0. The van der Waals surface area contributed by atoms with Gasteiger partial charge in [0.25, 0.3) is 0 Å². The van der Waals surface area contributed by atoms with Gasteiger partial charge < -0.3 is 4.74 Å². The van der Waals surface area contributed by atoms with Crippen LogP contribution in [0.4, 0.5) is 0 Å². The third-order valence-electron chi connectivity index (χ3n) is 2.56. The van der Waals surface area contributed by atoms with Gasteiger partial charge in [0.05, 0.1) is 12.2 Å². The Hall–Kier alpha value is 0.690. The smallest absolute Gasteiger partial charge is 0.0697 e. The maximum Gasteiger partial charge on any atom is 0.0697 e. The molecule has 1 heterocycles. The molecule has 0 aromatic heterocycles. The van der Waals surface area contributed by atoms with E-state index >= 15 is 0 Å². The monoisotopic (exact) mass is 282 g/mol. The van der Waals surface area contributed by atoms with Crippen LogP contribution >= 0.6 is 22.6 Å². The van der Waals surface area contributed by atoms with E-state index in [0.29, 0.717) is 12.2 Å². The third-order valence-corrected chi connectivity index (χ3v) is 3.87. The molecule has 0 spiro atoms. The Morgan fingerprint density at radius 1 is 1.42 bits per heavy atom. The maximum atomic E-state index is 5.92. The van der Waals surface area contributed by atoms with Crippen molar-refractivity contribution in [1.29, 1.82) is 0 Å². The molecule has 1 rings (SSSR count). The lowest BCUT2D eigenvalue weighted by Crippen LogP contribution is -2.15. The fourth-order valence-corrected chi connectivity index (χ4v) is 2.80. The van der Waals surface area contributed by atoms with Crippen molar-refractivity contribution in [1.82, 2.24) is 0 Å². The van der Waals surface area contributed by atoms with Crippen molar-refractivity contribution in [3.05, 3.63) is 0 Å². The number of ether oxygens (including phenoxy) is 1. The van der Waals surface area contributed by atoms with Gasteiger partial charge in [-0.3, -0.25) is 0 Å². The Morgan fingerprint density at radius 3 is 2.67 bits per heavy atom. The second-order valence-electron chi connectivity index (χ2n) is 3.60. The van der Waals surface area contributed by atoms with E-state index in [0.717, 1.165) is 3.92 Å². The largest absolute Gasteiger partial charge is 0.374 e. The number of rotatable bonds is 4. The molecule has 0 aromatic rings. The minimum Gasteiger partial charge on any atom is -0.374 e. The summed E-state index contributed by atoms with van der Waals surface area (Å²) in [5, 5.41) is 0. The summed E-state index contributed by atoms with van der Waals surface area (Å²) in [4.78, 5) is 0. The molecule has 1 fully saturated rings. The molecule has 1 nitrogen and oxygen atoms in total. The van der Waals surface area contributed by atoms with Gasteiger partial charge in [-0.15, -0.1) is 0 Å². The molecule has 0 bridgehead atoms. The zero-order valence-electron chi connectivity index (χ0n) is 8.05. The van der Waals surface area contributed by atoms with Crippen LogP contribution < -0.4 is 0 Å². The van der Waals surface area contributed by atoms with Gasteiger partial charge in [0, 0.05) is 3.92 Å². The van der Waals surface area contributed by atoms with Crippen LogP contribution in [0.5, 0.6) is 0 Å². The van der Waals surface area contributed by atoms with Crippen molar-refractivity contribution < 1.29 is 4.74 Å². The molecule has 0 aliphatic carbocycles. The summed E-state index contributed by atoms with van der Waals surface area (Å²) in [6.45, 7) is 4.46. The van der Waals surface area contributed by atoms with Crippen molar-refractivity contribution in [2.75, 3.05) is 0 Å². The number of hydrogen-bond donors (Lipinski definition) is 0. The average molecular weight is 282 g/mol. The first-order valence-corrected chi connectivity index (χ1v) is 6.32. The van der Waals surface area contributed by atoms with E-state index in [9.17, 15) is 0 Å². The quantitative estimate of drug-likeness (QED) is 0.566. The van der Waals surface area contributed by atoms with Gasteiger partial charge in [0.15, 0.2) is 0 Å². The second kappa shape index (κ2) is 5.43. The highest BCUT2D eigenvalue weighted by molar-refractivity contribution is 14.1. The van der Waals surface area contributed by atoms with Crippen LogP contribution in [-0.2, 0) is 4.74 Å². The van der Waals surface area contributed by atoms with Crippen molar-refractivity contribution in [3.8, 4) is 0 Å². The van der Waals surface area contributed by atoms with Gasteiger partial charge in [-0.25, -0.2) is 0 Å². The lowest BCUT2D eigenvalue weighted by atomic mass is 10.1. The van der Waals surface area contributed by atoms with E-state index in [1.165, 1.54) is 32.1 Å². The van der Waals surface area contributed by atoms with E-state index < -0.39 is 0 Å². The molecule has 1 saturated heterocycles. The van der Waals surface area contributed by atoms with Crippen LogP contribution in [0.2, 0.25) is 0 Å². The molecule has 3 atom stereocenters. The average Bonchev–Trinajstić information content (AvgIpc) is 2.43. The minimum atomic E-state index is 0.550. The summed E-state index contributed by atoms with van der Waals surface area (Å²) in [6.07, 6.45) is 7.43. The van der Waals surface area contributed by atoms with Crippen LogP contribution in [0.3, 0.4) is 0 Å². The first-order chi connectivity index (χ1) is 5.77. The summed E-state index contributed by atoms with van der Waals surface area (Å²) >= 11 is 2.55. The topological polar surface area (TPSA) is 9.23 Å². The van der Waals surface area contributed by atoms with Gasteiger partial charge in [0.1, 0.15) is 0 Å². The minimum absolute atomic E-state index is 0.550. The van der Waals surface area contributed by atoms with Gasteiger partial charge in [0.2, 0.25) is 0 Å². The fraction of sp³-hybridized carbons (Fsp3) is 1.00. The molecule has 0 amide bonds. The molecule has 0 radical (unpaired) electrons. The lowest BCUT2D eigenvalue weighted by molar-refractivity contribution is 0.0396. The van der Waals surface area contributed by atoms with Crippen molar-refractivity contribution in [2.24, 2.45) is 0 Å². The fourth-order valence-electron chi connectivity index (χ4n) is 1.71. The molecular weight excluding hydrogens is 263 g/mol. The molecule has 0 saturated carbocycles. The molecular formula is C10H19IO. The molecule has 0 N–H and O–H groups in total. The molecule has 1 aliphatic rings. The lowest BCUT2D eigenvalue weighted by Gasteiger charge is -2.13. The second-order valence-corrected chi connectivity index (χ2v) is 5.20. The van der Waals surface area contributed by atoms with Gasteiger partial charge in [-0.2, -0.15) is 0 Å². The first kappa shape index (κ1) is 10.8. The maximum absolute atomic E-state index is 5.92. The zero-order valence-corrected chi connectivity index (χ0v) is 10.2. The zero-order chi connectivity index (χ0) is 8.97. The van der Waals surface area contributed by atoms with Gasteiger partial charge in [-0.1, -0.05) is 49.3 Å². The van der Waals surface area contributed by atoms with E-state index in [2.05, 4.69) is 36.4 Å². The van der Waals surface area contributed by atoms with Gasteiger partial charge in [-0.05, 0) is 19.3 Å². The highest BCUT2D eigenvalue weighted by Crippen LogP contribution is 2.31. The number of hydrogen-bond acceptors (Lipinski definition) is 1. The van der Waals surface area contributed by atoms with Gasteiger partial charge >= 0.3 is 0 Å². The molecule has 0 unspecified atom stereocenters. The molecule has 12 heavy (non-hydrogen) atoms. The van der Waals surface area contributed by atoms with Crippen LogP contribution in [0.1, 0.15) is 46.0 Å². The number of halogens is 1. The Balaban J connectivity index is 2.25. The SMILES string of the molecule is CCCC[C@@H]1O[C@H](CC)C[C@@H]1I. The summed E-state index contributed by atoms with van der Waals surface area (Å²) in [5.41, 5.74) is 0. The molecule has 2 heteroatoms. The highest BCUT2D eigenvalue weighted by atomic mass is 127. The van der Waals surface area contributed by atoms with Crippen LogP contribution in [0.15, 0.2) is 0 Å². The predicted octanol–water partition coefficient (Wildman–Crippen LogP) is 3.55. The Morgan fingerprint density at radius 2 is 2.17 bits per heavy atom. The van der Waals surface area contributed by atoms with Crippen molar-refractivity contribution >= 4 is 22.6 Å². The van der Waals surface area contributed by atoms with Crippen LogP contribution in [0.25, 0.3) is 0 Å². The number of alkyl halides is 1. The van der Waals surface area contributed by atoms with E-state index in [4.69, 9.17) is 4.74 Å². The summed E-state index contributed by atoms with van der Waals surface area (Å²) in [7, 11) is 0. The molecule has 0 aromatic carbocycles. The Bertz CT molecular complexity index is 127. The summed E-state index contributed by atoms with van der Waals surface area (Å²) in [5.74, 6) is 0. The van der Waals surface area contributed by atoms with E-state index in [1.807, 2.05) is 0 Å². The Kier molecular flexibility index (Phi) is 4.87. The predicted molar refractivity (Wildman–Crippen MR) is 60.9 cm³/mol. The van der Waals surface area contributed by atoms with E-state index in [1.54, 1.807) is 0 Å². The molecule has 1 aliphatic heterocycles.